The minimum Gasteiger partial charge on any atom is -0.366 e. The van der Waals surface area contributed by atoms with Crippen molar-refractivity contribution in [1.29, 1.82) is 0 Å². The van der Waals surface area contributed by atoms with Crippen molar-refractivity contribution in [3.05, 3.63) is 35.9 Å². The molecule has 3 nitrogen and oxygen atoms in total. The van der Waals surface area contributed by atoms with Gasteiger partial charge in [-0.2, -0.15) is 0 Å². The van der Waals surface area contributed by atoms with Crippen LogP contribution < -0.4 is 0 Å². The van der Waals surface area contributed by atoms with Crippen LogP contribution >= 0.6 is 0 Å². The van der Waals surface area contributed by atoms with Gasteiger partial charge in [-0.25, -0.2) is 0 Å². The highest BCUT2D eigenvalue weighted by Crippen LogP contribution is 2.23. The van der Waals surface area contributed by atoms with Gasteiger partial charge >= 0.3 is 0 Å². The first-order valence-electron chi connectivity index (χ1n) is 7.32. The second-order valence-electron chi connectivity index (χ2n) is 4.83. The lowest BCUT2D eigenvalue weighted by atomic mass is 10.1. The number of benzene rings is 1. The normalized spacial score (nSPS) is 16.5. The van der Waals surface area contributed by atoms with E-state index in [1.807, 2.05) is 13.0 Å². The molecule has 0 N–H and O–H groups in total. The molecule has 2 rings (SSSR count). The maximum Gasteiger partial charge on any atom is 0.140 e. The topological polar surface area (TPSA) is 24.8 Å². The molecular weight excluding hydrogens is 236 g/mol. The summed E-state index contributed by atoms with van der Waals surface area (Å²) in [5.41, 5.74) is 1.20. The molecule has 0 bridgehead atoms. The largest absolute Gasteiger partial charge is 0.366 e. The second kappa shape index (κ2) is 7.29. The van der Waals surface area contributed by atoms with E-state index in [9.17, 15) is 0 Å². The molecule has 19 heavy (non-hydrogen) atoms. The average molecular weight is 260 g/mol. The molecule has 0 aliphatic carbocycles. The number of rotatable bonds is 7. The third-order valence-corrected chi connectivity index (χ3v) is 3.42. The Hall–Kier alpha value is -1.35. The fraction of sp³-hybridized carbons (Fsp3) is 0.562. The Kier molecular flexibility index (Phi) is 5.40. The summed E-state index contributed by atoms with van der Waals surface area (Å²) in [6.45, 7) is 8.00. The molecule has 1 heterocycles. The summed E-state index contributed by atoms with van der Waals surface area (Å²) >= 11 is 0. The molecule has 3 heteroatoms. The fourth-order valence-corrected chi connectivity index (χ4v) is 2.44. The Morgan fingerprint density at radius 3 is 2.74 bits per heavy atom. The smallest absolute Gasteiger partial charge is 0.140 e. The Morgan fingerprint density at radius 2 is 2.05 bits per heavy atom. The van der Waals surface area contributed by atoms with Crippen LogP contribution in [0.5, 0.6) is 0 Å². The Balaban J connectivity index is 2.14. The van der Waals surface area contributed by atoms with Crippen molar-refractivity contribution in [3.63, 3.8) is 0 Å². The summed E-state index contributed by atoms with van der Waals surface area (Å²) in [5.74, 6) is 1.11. The Labute approximate surface area is 116 Å². The molecule has 0 unspecified atom stereocenters. The molecular formula is C16H24N2O. The minimum absolute atomic E-state index is 0.00874. The molecule has 1 aromatic rings. The lowest BCUT2D eigenvalue weighted by Gasteiger charge is -2.26. The number of hydrogen-bond acceptors (Lipinski definition) is 3. The highest BCUT2D eigenvalue weighted by Gasteiger charge is 2.26. The third-order valence-electron chi connectivity index (χ3n) is 3.42. The van der Waals surface area contributed by atoms with E-state index in [0.29, 0.717) is 6.61 Å². The molecule has 0 spiro atoms. The molecule has 1 aromatic carbocycles. The van der Waals surface area contributed by atoms with Gasteiger partial charge in [0.25, 0.3) is 0 Å². The Bertz CT molecular complexity index is 402. The molecule has 0 saturated carbocycles. The molecule has 0 amide bonds. The van der Waals surface area contributed by atoms with Crippen molar-refractivity contribution in [3.8, 4) is 0 Å². The van der Waals surface area contributed by atoms with Gasteiger partial charge in [0.15, 0.2) is 0 Å². The highest BCUT2D eigenvalue weighted by atomic mass is 16.5. The van der Waals surface area contributed by atoms with Crippen LogP contribution in [0.1, 0.15) is 38.4 Å². The van der Waals surface area contributed by atoms with Crippen molar-refractivity contribution < 1.29 is 4.74 Å². The van der Waals surface area contributed by atoms with E-state index in [1.54, 1.807) is 0 Å². The number of unbranched alkanes of at least 4 members (excludes halogenated alkanes) is 1. The predicted molar refractivity (Wildman–Crippen MR) is 79.6 cm³/mol. The van der Waals surface area contributed by atoms with E-state index in [-0.39, 0.29) is 6.10 Å². The Morgan fingerprint density at radius 1 is 1.26 bits per heavy atom. The van der Waals surface area contributed by atoms with Gasteiger partial charge in [-0.3, -0.25) is 4.99 Å². The minimum atomic E-state index is -0.00874. The van der Waals surface area contributed by atoms with Crippen molar-refractivity contribution in [2.75, 3.05) is 26.2 Å². The van der Waals surface area contributed by atoms with Crippen LogP contribution in [0.25, 0.3) is 0 Å². The zero-order valence-electron chi connectivity index (χ0n) is 12.0. The van der Waals surface area contributed by atoms with Gasteiger partial charge in [0.2, 0.25) is 0 Å². The lowest BCUT2D eigenvalue weighted by molar-refractivity contribution is 0.102. The monoisotopic (exact) mass is 260 g/mol. The zero-order valence-corrected chi connectivity index (χ0v) is 12.0. The number of aliphatic imine (C=N–C) groups is 1. The van der Waals surface area contributed by atoms with Gasteiger partial charge in [-0.15, -0.1) is 0 Å². The molecule has 0 aromatic heterocycles. The van der Waals surface area contributed by atoms with Crippen LogP contribution in [0.15, 0.2) is 35.3 Å². The van der Waals surface area contributed by atoms with Crippen LogP contribution in [0.2, 0.25) is 0 Å². The summed E-state index contributed by atoms with van der Waals surface area (Å²) in [5, 5.41) is 0. The van der Waals surface area contributed by atoms with Crippen LogP contribution in [-0.4, -0.2) is 37.0 Å². The highest BCUT2D eigenvalue weighted by molar-refractivity contribution is 5.89. The predicted octanol–water partition coefficient (Wildman–Crippen LogP) is 3.28. The van der Waals surface area contributed by atoms with Gasteiger partial charge < -0.3 is 9.64 Å². The van der Waals surface area contributed by atoms with Gasteiger partial charge in [0, 0.05) is 19.7 Å². The summed E-state index contributed by atoms with van der Waals surface area (Å²) in [7, 11) is 0. The van der Waals surface area contributed by atoms with E-state index >= 15 is 0 Å². The first-order chi connectivity index (χ1) is 9.36. The number of amidine groups is 1. The van der Waals surface area contributed by atoms with E-state index in [1.165, 1.54) is 18.4 Å². The molecule has 0 fully saturated rings. The van der Waals surface area contributed by atoms with Crippen molar-refractivity contribution >= 4 is 5.84 Å². The average Bonchev–Trinajstić information content (AvgIpc) is 2.91. The van der Waals surface area contributed by atoms with E-state index < -0.39 is 0 Å². The number of ether oxygens (including phenoxy) is 1. The number of nitrogens with zero attached hydrogens (tertiary/aromatic N) is 2. The standard InChI is InChI=1S/C16H24N2O/c1-3-5-12-18-13-11-17-16(18)15(19-4-2)14-9-7-6-8-10-14/h6-10,15H,3-5,11-13H2,1-2H3/t15-/m0/s1. The van der Waals surface area contributed by atoms with E-state index in [0.717, 1.165) is 25.5 Å². The quantitative estimate of drug-likeness (QED) is 0.751. The van der Waals surface area contributed by atoms with Crippen molar-refractivity contribution in [2.45, 2.75) is 32.8 Å². The van der Waals surface area contributed by atoms with Gasteiger partial charge in [-0.05, 0) is 18.9 Å². The molecule has 0 radical (unpaired) electrons. The maximum atomic E-state index is 5.95. The van der Waals surface area contributed by atoms with E-state index in [4.69, 9.17) is 4.74 Å². The summed E-state index contributed by atoms with van der Waals surface area (Å²) in [4.78, 5) is 7.07. The SMILES string of the molecule is CCCCN1CCN=C1[C@@H](OCC)c1ccccc1. The lowest BCUT2D eigenvalue weighted by Crippen LogP contribution is -2.34. The third kappa shape index (κ3) is 3.57. The second-order valence-corrected chi connectivity index (χ2v) is 4.83. The summed E-state index contributed by atoms with van der Waals surface area (Å²) in [6, 6.07) is 10.4. The maximum absolute atomic E-state index is 5.95. The zero-order chi connectivity index (χ0) is 13.5. The van der Waals surface area contributed by atoms with Crippen LogP contribution in [0.3, 0.4) is 0 Å². The van der Waals surface area contributed by atoms with Crippen molar-refractivity contribution in [1.82, 2.24) is 4.90 Å². The molecule has 1 aliphatic rings. The van der Waals surface area contributed by atoms with Gasteiger partial charge in [0.05, 0.1) is 6.54 Å². The van der Waals surface area contributed by atoms with Crippen LogP contribution in [0.4, 0.5) is 0 Å². The summed E-state index contributed by atoms with van der Waals surface area (Å²) < 4.78 is 5.95. The van der Waals surface area contributed by atoms with Crippen molar-refractivity contribution in [2.24, 2.45) is 4.99 Å². The molecule has 1 aliphatic heterocycles. The van der Waals surface area contributed by atoms with Crippen LogP contribution in [-0.2, 0) is 4.74 Å². The molecule has 1 atom stereocenters. The van der Waals surface area contributed by atoms with Gasteiger partial charge in [0.1, 0.15) is 11.9 Å². The van der Waals surface area contributed by atoms with Crippen LogP contribution in [0, 0.1) is 0 Å². The van der Waals surface area contributed by atoms with Gasteiger partial charge in [-0.1, -0.05) is 43.7 Å². The first kappa shape index (κ1) is 14.1. The fourth-order valence-electron chi connectivity index (χ4n) is 2.44. The molecule has 0 saturated heterocycles. The first-order valence-corrected chi connectivity index (χ1v) is 7.32. The summed E-state index contributed by atoms with van der Waals surface area (Å²) in [6.07, 6.45) is 2.42. The molecule has 104 valence electrons. The number of hydrogen-bond donors (Lipinski definition) is 0. The van der Waals surface area contributed by atoms with E-state index in [2.05, 4.69) is 41.1 Å².